The zero-order valence-electron chi connectivity index (χ0n) is 20.5. The lowest BCUT2D eigenvalue weighted by Crippen LogP contribution is -2.53. The van der Waals surface area contributed by atoms with E-state index < -0.39 is 35.6 Å². The Hall–Kier alpha value is -3.21. The summed E-state index contributed by atoms with van der Waals surface area (Å²) < 4.78 is 5.32. The van der Waals surface area contributed by atoms with E-state index in [4.69, 9.17) is 11.2 Å². The van der Waals surface area contributed by atoms with E-state index in [2.05, 4.69) is 16.7 Å². The summed E-state index contributed by atoms with van der Waals surface area (Å²) in [6.45, 7) is 11.3. The van der Waals surface area contributed by atoms with Crippen LogP contribution >= 0.6 is 0 Å². The molecule has 0 aliphatic heterocycles. The summed E-state index contributed by atoms with van der Waals surface area (Å²) >= 11 is 0. The molecule has 182 valence electrons. The molecule has 3 amide bonds. The quantitative estimate of drug-likeness (QED) is 0.281. The molecule has 0 saturated carbocycles. The number of nitrogens with one attached hydrogen (secondary N) is 2. The first-order chi connectivity index (χ1) is 15.4. The Balaban J connectivity index is 3.32. The second kappa shape index (κ2) is 12.7. The Morgan fingerprint density at radius 3 is 2.27 bits per heavy atom. The van der Waals surface area contributed by atoms with Crippen LogP contribution in [0, 0.1) is 18.4 Å². The predicted molar refractivity (Wildman–Crippen MR) is 127 cm³/mol. The molecule has 0 bridgehead atoms. The first-order valence-electron chi connectivity index (χ1n) is 11.3. The molecule has 3 atom stereocenters. The fourth-order valence-corrected chi connectivity index (χ4v) is 3.09. The number of alkyl carbamates (subject to hydrolysis) is 1. The maximum absolute atomic E-state index is 13.6. The molecule has 8 heteroatoms. The number of rotatable bonds is 10. The van der Waals surface area contributed by atoms with Crippen molar-refractivity contribution in [1.82, 2.24) is 15.5 Å². The second-order valence-electron chi connectivity index (χ2n) is 8.99. The Labute approximate surface area is 197 Å². The van der Waals surface area contributed by atoms with Crippen LogP contribution in [0.1, 0.15) is 72.4 Å². The van der Waals surface area contributed by atoms with Gasteiger partial charge in [0.2, 0.25) is 5.91 Å². The molecule has 8 nitrogen and oxygen atoms in total. The minimum atomic E-state index is -1.13. The third-order valence-corrected chi connectivity index (χ3v) is 5.07. The van der Waals surface area contributed by atoms with Gasteiger partial charge in [0.15, 0.2) is 0 Å². The van der Waals surface area contributed by atoms with Crippen molar-refractivity contribution in [1.29, 1.82) is 0 Å². The van der Waals surface area contributed by atoms with Gasteiger partial charge in [0.25, 0.3) is 5.91 Å². The smallest absolute Gasteiger partial charge is 0.408 e. The van der Waals surface area contributed by atoms with Crippen molar-refractivity contribution in [2.75, 3.05) is 6.54 Å². The number of carbonyl (C=O) groups excluding carboxylic acids is 3. The van der Waals surface area contributed by atoms with Crippen LogP contribution < -0.4 is 10.6 Å². The number of phenols is 1. The summed E-state index contributed by atoms with van der Waals surface area (Å²) in [5, 5.41) is 15.1. The molecule has 1 aromatic carbocycles. The van der Waals surface area contributed by atoms with E-state index in [1.54, 1.807) is 20.8 Å². The van der Waals surface area contributed by atoms with Gasteiger partial charge < -0.3 is 20.5 Å². The number of aromatic hydroxyl groups is 1. The van der Waals surface area contributed by atoms with Crippen molar-refractivity contribution < 1.29 is 24.2 Å². The number of hydrogen-bond donors (Lipinski definition) is 3. The molecule has 0 aromatic heterocycles. The predicted octanol–water partition coefficient (Wildman–Crippen LogP) is 3.71. The number of benzene rings is 1. The van der Waals surface area contributed by atoms with Gasteiger partial charge in [0, 0.05) is 12.6 Å². The van der Waals surface area contributed by atoms with Gasteiger partial charge in [-0.25, -0.2) is 4.79 Å². The maximum atomic E-state index is 13.6. The van der Waals surface area contributed by atoms with Crippen LogP contribution in [0.15, 0.2) is 24.3 Å². The van der Waals surface area contributed by atoms with Crippen LogP contribution in [0.25, 0.3) is 0 Å². The molecule has 33 heavy (non-hydrogen) atoms. The minimum Gasteiger partial charge on any atom is -0.508 e. The maximum Gasteiger partial charge on any atom is 0.408 e. The Morgan fingerprint density at radius 1 is 1.18 bits per heavy atom. The van der Waals surface area contributed by atoms with E-state index in [1.807, 2.05) is 20.8 Å². The first-order valence-corrected chi connectivity index (χ1v) is 11.3. The summed E-state index contributed by atoms with van der Waals surface area (Å²) in [6, 6.07) is 6.13. The average Bonchev–Trinajstić information content (AvgIpc) is 2.74. The number of amides is 3. The zero-order valence-corrected chi connectivity index (χ0v) is 20.5. The Morgan fingerprint density at radius 2 is 1.79 bits per heavy atom. The second-order valence-corrected chi connectivity index (χ2v) is 8.99. The standard InChI is InChI=1S/C25H37N3O5/c1-8-11-16-26-22(30)21(18-12-14-19(29)15-13-18)28(10-3)23(31)20(17(4)9-2)27-24(32)33-25(5,6)7/h3,12-15,17,20-21,29H,8-9,11,16H2,1-2,4-7H3,(H,26,30)(H,27,32). The normalized spacial score (nSPS) is 13.7. The molecule has 3 unspecified atom stereocenters. The molecule has 0 heterocycles. The van der Waals surface area contributed by atoms with Gasteiger partial charge in [-0.3, -0.25) is 14.5 Å². The molecule has 3 N–H and O–H groups in total. The van der Waals surface area contributed by atoms with Crippen molar-refractivity contribution >= 4 is 17.9 Å². The van der Waals surface area contributed by atoms with Crippen molar-refractivity contribution in [3.8, 4) is 18.2 Å². The lowest BCUT2D eigenvalue weighted by Gasteiger charge is -2.32. The summed E-state index contributed by atoms with van der Waals surface area (Å²) in [4.78, 5) is 40.1. The van der Waals surface area contributed by atoms with Crippen molar-refractivity contribution in [2.24, 2.45) is 5.92 Å². The van der Waals surface area contributed by atoms with Gasteiger partial charge in [0.05, 0.1) is 0 Å². The summed E-state index contributed by atoms with van der Waals surface area (Å²) in [7, 11) is 0. The number of terminal acetylenes is 1. The molecule has 0 radical (unpaired) electrons. The molecular formula is C25H37N3O5. The number of unbranched alkanes of at least 4 members (excludes halogenated alkanes) is 1. The summed E-state index contributed by atoms with van der Waals surface area (Å²) in [6.07, 6.45) is 7.22. The summed E-state index contributed by atoms with van der Waals surface area (Å²) in [5.41, 5.74) is -0.305. The van der Waals surface area contributed by atoms with E-state index in [-0.39, 0.29) is 11.7 Å². The fraction of sp³-hybridized carbons (Fsp3) is 0.560. The van der Waals surface area contributed by atoms with Crippen LogP contribution in [0.4, 0.5) is 4.79 Å². The number of carbonyl (C=O) groups is 3. The minimum absolute atomic E-state index is 0.0200. The highest BCUT2D eigenvalue weighted by atomic mass is 16.6. The van der Waals surface area contributed by atoms with Gasteiger partial charge in [-0.1, -0.05) is 52.2 Å². The molecule has 0 spiro atoms. The molecular weight excluding hydrogens is 422 g/mol. The van der Waals surface area contributed by atoms with Crippen molar-refractivity contribution in [3.63, 3.8) is 0 Å². The van der Waals surface area contributed by atoms with E-state index in [0.29, 0.717) is 18.5 Å². The van der Waals surface area contributed by atoms with Gasteiger partial charge >= 0.3 is 6.09 Å². The van der Waals surface area contributed by atoms with Crippen LogP contribution in [0.5, 0.6) is 5.75 Å². The number of hydrogen-bond acceptors (Lipinski definition) is 5. The SMILES string of the molecule is C#CN(C(=O)C(NC(=O)OC(C)(C)C)C(C)CC)C(C(=O)NCCCC)c1ccc(O)cc1. The molecule has 1 aromatic rings. The lowest BCUT2D eigenvalue weighted by molar-refractivity contribution is -0.139. The van der Waals surface area contributed by atoms with Gasteiger partial charge in [-0.2, -0.15) is 0 Å². The molecule has 0 aliphatic rings. The third kappa shape index (κ3) is 8.68. The number of nitrogens with zero attached hydrogens (tertiary/aromatic N) is 1. The van der Waals surface area contributed by atoms with E-state index >= 15 is 0 Å². The summed E-state index contributed by atoms with van der Waals surface area (Å²) in [5.74, 6) is -1.29. The first kappa shape index (κ1) is 27.8. The highest BCUT2D eigenvalue weighted by Crippen LogP contribution is 2.25. The topological polar surface area (TPSA) is 108 Å². The molecule has 0 aliphatic carbocycles. The zero-order chi connectivity index (χ0) is 25.2. The number of phenolic OH excluding ortho intramolecular Hbond substituents is 1. The molecule has 0 saturated heterocycles. The van der Waals surface area contributed by atoms with Crippen molar-refractivity contribution in [3.05, 3.63) is 29.8 Å². The van der Waals surface area contributed by atoms with Gasteiger partial charge in [-0.05, 0) is 50.8 Å². The number of ether oxygens (including phenoxy) is 1. The van der Waals surface area contributed by atoms with Crippen LogP contribution in [0.2, 0.25) is 0 Å². The molecule has 1 rings (SSSR count). The van der Waals surface area contributed by atoms with Crippen LogP contribution in [-0.2, 0) is 14.3 Å². The highest BCUT2D eigenvalue weighted by Gasteiger charge is 2.37. The van der Waals surface area contributed by atoms with Crippen molar-refractivity contribution in [2.45, 2.75) is 78.5 Å². The molecule has 0 fully saturated rings. The monoisotopic (exact) mass is 459 g/mol. The van der Waals surface area contributed by atoms with Gasteiger partial charge in [-0.15, -0.1) is 0 Å². The van der Waals surface area contributed by atoms with Gasteiger partial charge in [0.1, 0.15) is 23.4 Å². The third-order valence-electron chi connectivity index (χ3n) is 5.07. The Kier molecular flexibility index (Phi) is 10.7. The fourth-order valence-electron chi connectivity index (χ4n) is 3.09. The van der Waals surface area contributed by atoms with E-state index in [9.17, 15) is 19.5 Å². The Bertz CT molecular complexity index is 839. The van der Waals surface area contributed by atoms with Crippen LogP contribution in [0.3, 0.4) is 0 Å². The highest BCUT2D eigenvalue weighted by molar-refractivity contribution is 5.93. The largest absolute Gasteiger partial charge is 0.508 e. The van der Waals surface area contributed by atoms with E-state index in [0.717, 1.165) is 17.7 Å². The lowest BCUT2D eigenvalue weighted by atomic mass is 9.96. The average molecular weight is 460 g/mol. The van der Waals surface area contributed by atoms with Crippen LogP contribution in [-0.4, -0.2) is 46.1 Å². The van der Waals surface area contributed by atoms with E-state index in [1.165, 1.54) is 24.3 Å².